The fourth-order valence-corrected chi connectivity index (χ4v) is 8.32. The first kappa shape index (κ1) is 27.9. The Morgan fingerprint density at radius 2 is 1.37 bits per heavy atom. The van der Waals surface area contributed by atoms with Crippen molar-refractivity contribution in [3.8, 4) is 17.1 Å². The van der Waals surface area contributed by atoms with Gasteiger partial charge < -0.3 is 0 Å². The van der Waals surface area contributed by atoms with Crippen molar-refractivity contribution in [2.24, 2.45) is 7.05 Å². The maximum atomic E-state index is 2.63. The molecule has 0 saturated carbocycles. The van der Waals surface area contributed by atoms with Crippen LogP contribution in [0.2, 0.25) is 0 Å². The number of imidazole rings is 1. The van der Waals surface area contributed by atoms with Crippen LogP contribution in [0.5, 0.6) is 0 Å². The van der Waals surface area contributed by atoms with Crippen LogP contribution in [0.4, 0.5) is 0 Å². The fraction of sp³-hybridized carbons (Fsp3) is 0.275. The molecule has 2 aromatic heterocycles. The molecule has 0 aliphatic rings. The van der Waals surface area contributed by atoms with Crippen molar-refractivity contribution in [3.05, 3.63) is 107 Å². The number of nitrogens with zero attached hydrogens (tertiary/aromatic N) is 2. The third-order valence-electron chi connectivity index (χ3n) is 9.32. The molecular weight excluding hydrogens is 541 g/mol. The molecule has 3 heteroatoms. The molecule has 0 unspecified atom stereocenters. The van der Waals surface area contributed by atoms with Crippen molar-refractivity contribution >= 4 is 53.3 Å². The zero-order valence-corrected chi connectivity index (χ0v) is 27.4. The number of aromatic nitrogens is 2. The van der Waals surface area contributed by atoms with Crippen molar-refractivity contribution in [1.29, 1.82) is 0 Å². The van der Waals surface area contributed by atoms with Gasteiger partial charge >= 0.3 is 0 Å². The van der Waals surface area contributed by atoms with Crippen LogP contribution < -0.4 is 4.57 Å². The molecule has 0 fully saturated rings. The highest BCUT2D eigenvalue weighted by Crippen LogP contribution is 2.44. The smallest absolute Gasteiger partial charge is 0.225 e. The number of hydrogen-bond acceptors (Lipinski definition) is 1. The van der Waals surface area contributed by atoms with E-state index in [1.807, 2.05) is 11.3 Å². The van der Waals surface area contributed by atoms with Crippen molar-refractivity contribution in [3.63, 3.8) is 0 Å². The standard InChI is InChI=1S/C40H41N2S/c1-23(2)28-17-20-32-33-19-16-26(7)36(39(33)43-35(32)22-28)40-41(8)34-21-18-27-12-9-10-13-31(27)38(34)42(40)37-29(24(3)4)14-11-15-30(37)25(5)6/h9-25H,1-8H3/q+1. The summed E-state index contributed by atoms with van der Waals surface area (Å²) < 4.78 is 7.82. The molecule has 7 rings (SSSR count). The van der Waals surface area contributed by atoms with E-state index in [2.05, 4.69) is 150 Å². The molecule has 0 aliphatic heterocycles. The molecule has 0 N–H and O–H groups in total. The molecule has 0 aliphatic carbocycles. The van der Waals surface area contributed by atoms with E-state index in [1.54, 1.807) is 0 Å². The highest BCUT2D eigenvalue weighted by atomic mass is 32.1. The number of thiophene rings is 1. The van der Waals surface area contributed by atoms with Gasteiger partial charge in [0.2, 0.25) is 0 Å². The predicted molar refractivity (Wildman–Crippen MR) is 187 cm³/mol. The van der Waals surface area contributed by atoms with E-state index in [0.717, 1.165) is 0 Å². The van der Waals surface area contributed by atoms with E-state index >= 15 is 0 Å². The van der Waals surface area contributed by atoms with Gasteiger partial charge in [0.1, 0.15) is 5.69 Å². The van der Waals surface area contributed by atoms with Crippen LogP contribution in [0.3, 0.4) is 0 Å². The summed E-state index contributed by atoms with van der Waals surface area (Å²) in [4.78, 5) is 0. The van der Waals surface area contributed by atoms with Gasteiger partial charge in [0, 0.05) is 32.0 Å². The lowest BCUT2D eigenvalue weighted by Crippen LogP contribution is -2.36. The molecular formula is C40H41N2S+. The van der Waals surface area contributed by atoms with Gasteiger partial charge in [-0.15, -0.1) is 11.3 Å². The number of para-hydroxylation sites is 1. The maximum absolute atomic E-state index is 2.63. The summed E-state index contributed by atoms with van der Waals surface area (Å²) in [6, 6.07) is 32.1. The molecule has 7 aromatic rings. The molecule has 0 saturated heterocycles. The Kier molecular flexibility index (Phi) is 6.70. The molecule has 0 amide bonds. The first-order valence-corrected chi connectivity index (χ1v) is 16.5. The van der Waals surface area contributed by atoms with Crippen LogP contribution in [-0.2, 0) is 7.05 Å². The Morgan fingerprint density at radius 3 is 2.07 bits per heavy atom. The Morgan fingerprint density at radius 1 is 0.674 bits per heavy atom. The quantitative estimate of drug-likeness (QED) is 0.179. The second-order valence-electron chi connectivity index (χ2n) is 13.1. The van der Waals surface area contributed by atoms with Gasteiger partial charge in [0.25, 0.3) is 5.82 Å². The summed E-state index contributed by atoms with van der Waals surface area (Å²) >= 11 is 1.95. The van der Waals surface area contributed by atoms with E-state index in [9.17, 15) is 0 Å². The Hall–Kier alpha value is -3.95. The predicted octanol–water partition coefficient (Wildman–Crippen LogP) is 11.3. The average molecular weight is 582 g/mol. The molecule has 0 atom stereocenters. The third-order valence-corrected chi connectivity index (χ3v) is 10.5. The lowest BCUT2D eigenvalue weighted by molar-refractivity contribution is -0.556. The minimum atomic E-state index is 0.384. The van der Waals surface area contributed by atoms with Crippen LogP contribution in [0.1, 0.15) is 81.5 Å². The van der Waals surface area contributed by atoms with Gasteiger partial charge in [-0.25, -0.2) is 4.57 Å². The van der Waals surface area contributed by atoms with Crippen molar-refractivity contribution < 1.29 is 4.57 Å². The number of hydrogen-bond donors (Lipinski definition) is 0. The van der Waals surface area contributed by atoms with E-state index in [4.69, 9.17) is 0 Å². The number of aryl methyl sites for hydroxylation is 2. The molecule has 0 radical (unpaired) electrons. The van der Waals surface area contributed by atoms with Crippen LogP contribution in [0.25, 0.3) is 59.1 Å². The second kappa shape index (κ2) is 10.3. The van der Waals surface area contributed by atoms with Crippen LogP contribution in [0.15, 0.2) is 84.9 Å². The van der Waals surface area contributed by atoms with Crippen molar-refractivity contribution in [2.75, 3.05) is 0 Å². The van der Waals surface area contributed by atoms with E-state index in [-0.39, 0.29) is 0 Å². The van der Waals surface area contributed by atoms with Crippen LogP contribution in [-0.4, -0.2) is 4.57 Å². The highest BCUT2D eigenvalue weighted by molar-refractivity contribution is 7.26. The molecule has 43 heavy (non-hydrogen) atoms. The van der Waals surface area contributed by atoms with Gasteiger partial charge in [-0.2, -0.15) is 4.57 Å². The van der Waals surface area contributed by atoms with Gasteiger partial charge in [0.05, 0.1) is 17.3 Å². The lowest BCUT2D eigenvalue weighted by Gasteiger charge is -2.19. The number of rotatable bonds is 5. The monoisotopic (exact) mass is 581 g/mol. The zero-order chi connectivity index (χ0) is 30.2. The molecule has 2 heterocycles. The van der Waals surface area contributed by atoms with Crippen molar-refractivity contribution in [1.82, 2.24) is 4.57 Å². The molecule has 5 aromatic carbocycles. The first-order valence-electron chi connectivity index (χ1n) is 15.7. The Balaban J connectivity index is 1.72. The summed E-state index contributed by atoms with van der Waals surface area (Å²) in [7, 11) is 2.26. The summed E-state index contributed by atoms with van der Waals surface area (Å²) in [5.41, 5.74) is 10.7. The number of benzene rings is 5. The van der Waals surface area contributed by atoms with Gasteiger partial charge in [-0.05, 0) is 65.5 Å². The normalized spacial score (nSPS) is 12.3. The highest BCUT2D eigenvalue weighted by Gasteiger charge is 2.34. The fourth-order valence-electron chi connectivity index (χ4n) is 6.98. The molecule has 0 bridgehead atoms. The maximum Gasteiger partial charge on any atom is 0.296 e. The third kappa shape index (κ3) is 4.24. The second-order valence-corrected chi connectivity index (χ2v) is 14.2. The van der Waals surface area contributed by atoms with Gasteiger partial charge in [-0.3, -0.25) is 0 Å². The van der Waals surface area contributed by atoms with Crippen LogP contribution >= 0.6 is 11.3 Å². The first-order chi connectivity index (χ1) is 20.7. The summed E-state index contributed by atoms with van der Waals surface area (Å²) in [6.07, 6.45) is 0. The van der Waals surface area contributed by atoms with Crippen molar-refractivity contribution in [2.45, 2.75) is 66.2 Å². The van der Waals surface area contributed by atoms with Crippen LogP contribution in [0, 0.1) is 6.92 Å². The van der Waals surface area contributed by atoms with E-state index < -0.39 is 0 Å². The zero-order valence-electron chi connectivity index (χ0n) is 26.6. The largest absolute Gasteiger partial charge is 0.296 e. The van der Waals surface area contributed by atoms with Gasteiger partial charge in [-0.1, -0.05) is 102 Å². The average Bonchev–Trinajstić information content (AvgIpc) is 3.51. The summed E-state index contributed by atoms with van der Waals surface area (Å²) in [6.45, 7) is 16.2. The number of fused-ring (bicyclic) bond motifs is 6. The topological polar surface area (TPSA) is 8.81 Å². The minimum absolute atomic E-state index is 0.384. The Labute approximate surface area is 259 Å². The summed E-state index contributed by atoms with van der Waals surface area (Å²) in [5.74, 6) is 2.52. The van der Waals surface area contributed by atoms with E-state index in [1.165, 1.54) is 81.3 Å². The molecule has 2 nitrogen and oxygen atoms in total. The lowest BCUT2D eigenvalue weighted by atomic mass is 9.92. The Bertz CT molecular complexity index is 2160. The molecule has 0 spiro atoms. The van der Waals surface area contributed by atoms with Gasteiger partial charge in [0.15, 0.2) is 11.0 Å². The molecule has 216 valence electrons. The SMILES string of the molecule is Cc1ccc2c(sc3cc(C(C)C)ccc32)c1-c1n(C)c2ccc3ccccc3c2[n+]1-c1c(C(C)C)cccc1C(C)C. The minimum Gasteiger partial charge on any atom is -0.225 e. The van der Waals surface area contributed by atoms with E-state index in [0.29, 0.717) is 17.8 Å². The summed E-state index contributed by atoms with van der Waals surface area (Å²) in [5, 5.41) is 5.26.